The van der Waals surface area contributed by atoms with Crippen LogP contribution in [0, 0.1) is 5.92 Å². The van der Waals surface area contributed by atoms with Gasteiger partial charge in [0.15, 0.2) is 0 Å². The molecule has 0 saturated carbocycles. The molecule has 2 heteroatoms. The second-order valence-corrected chi connectivity index (χ2v) is 4.39. The van der Waals surface area contributed by atoms with E-state index in [-0.39, 0.29) is 5.92 Å². The maximum absolute atomic E-state index is 12.6. The number of carbonyl (C=O) groups is 1. The molecule has 0 aliphatic heterocycles. The molecule has 0 aliphatic rings. The Morgan fingerprint density at radius 3 is 2.20 bits per heavy atom. The van der Waals surface area contributed by atoms with Crippen LogP contribution < -0.4 is 0 Å². The van der Waals surface area contributed by atoms with Crippen molar-refractivity contribution in [3.8, 4) is 0 Å². The summed E-state index contributed by atoms with van der Waals surface area (Å²) < 4.78 is 12.6. The lowest BCUT2D eigenvalue weighted by molar-refractivity contribution is -0.125. The minimum atomic E-state index is -1.27. The molecule has 0 radical (unpaired) electrons. The Morgan fingerprint density at radius 1 is 1.20 bits per heavy atom. The van der Waals surface area contributed by atoms with Crippen LogP contribution >= 0.6 is 0 Å². The van der Waals surface area contributed by atoms with Crippen LogP contribution in [0.3, 0.4) is 0 Å². The van der Waals surface area contributed by atoms with Crippen LogP contribution in [0.5, 0.6) is 0 Å². The molecule has 0 aromatic heterocycles. The molecular formula is C13H23FO. The minimum Gasteiger partial charge on any atom is -0.256 e. The van der Waals surface area contributed by atoms with E-state index in [1.54, 1.807) is 6.92 Å². The van der Waals surface area contributed by atoms with E-state index in [2.05, 4.69) is 6.92 Å². The number of halogens is 1. The first-order valence-corrected chi connectivity index (χ1v) is 5.90. The quantitative estimate of drug-likeness (QED) is 0.348. The second kappa shape index (κ2) is 7.61. The third-order valence-corrected chi connectivity index (χ3v) is 2.77. The van der Waals surface area contributed by atoms with Crippen molar-refractivity contribution in [1.29, 1.82) is 0 Å². The van der Waals surface area contributed by atoms with Crippen LogP contribution in [0.4, 0.5) is 4.39 Å². The largest absolute Gasteiger partial charge is 0.327 e. The molecule has 0 fully saturated rings. The van der Waals surface area contributed by atoms with E-state index in [4.69, 9.17) is 0 Å². The van der Waals surface area contributed by atoms with Crippen molar-refractivity contribution in [2.45, 2.75) is 59.8 Å². The maximum Gasteiger partial charge on any atom is 0.327 e. The van der Waals surface area contributed by atoms with Crippen LogP contribution in [-0.2, 0) is 4.79 Å². The fourth-order valence-electron chi connectivity index (χ4n) is 1.78. The van der Waals surface area contributed by atoms with Crippen LogP contribution in [0.15, 0.2) is 11.1 Å². The summed E-state index contributed by atoms with van der Waals surface area (Å²) >= 11 is 0. The first-order chi connectivity index (χ1) is 7.00. The lowest BCUT2D eigenvalue weighted by Crippen LogP contribution is -2.03. The number of rotatable bonds is 7. The molecule has 0 rings (SSSR count). The molecule has 0 spiro atoms. The Bertz CT molecular complexity index is 229. The molecule has 0 aromatic carbocycles. The normalized spacial score (nSPS) is 12.9. The van der Waals surface area contributed by atoms with E-state index >= 15 is 0 Å². The van der Waals surface area contributed by atoms with E-state index in [0.717, 1.165) is 18.4 Å². The zero-order valence-corrected chi connectivity index (χ0v) is 10.4. The van der Waals surface area contributed by atoms with Crippen LogP contribution in [-0.4, -0.2) is 6.04 Å². The summed E-state index contributed by atoms with van der Waals surface area (Å²) in [6, 6.07) is -1.27. The summed E-state index contributed by atoms with van der Waals surface area (Å²) in [6.45, 7) is 7.79. The monoisotopic (exact) mass is 214 g/mol. The van der Waals surface area contributed by atoms with Gasteiger partial charge in [-0.05, 0) is 25.7 Å². The van der Waals surface area contributed by atoms with Crippen molar-refractivity contribution in [2.24, 2.45) is 5.92 Å². The lowest BCUT2D eigenvalue weighted by Gasteiger charge is -2.13. The molecule has 0 amide bonds. The van der Waals surface area contributed by atoms with E-state index in [0.29, 0.717) is 5.57 Å². The number of allylic oxidation sites excluding steroid dienone is 2. The summed E-state index contributed by atoms with van der Waals surface area (Å²) in [5.74, 6) is 0.270. The molecular weight excluding hydrogens is 191 g/mol. The van der Waals surface area contributed by atoms with Gasteiger partial charge in [-0.15, -0.1) is 0 Å². The third kappa shape index (κ3) is 5.71. The zero-order valence-electron chi connectivity index (χ0n) is 10.4. The molecule has 0 saturated heterocycles. The molecule has 0 bridgehead atoms. The minimum absolute atomic E-state index is 0.270. The van der Waals surface area contributed by atoms with E-state index < -0.39 is 6.04 Å². The molecule has 0 N–H and O–H groups in total. The van der Waals surface area contributed by atoms with Crippen molar-refractivity contribution >= 4 is 6.04 Å². The summed E-state index contributed by atoms with van der Waals surface area (Å²) in [5, 5.41) is 0. The standard InChI is InChI=1S/C13H23FO/c1-5-6-7-8-9-12(10(2)3)11(4)13(14)15/h10H,5-9H2,1-4H3. The van der Waals surface area contributed by atoms with Gasteiger partial charge in [-0.3, -0.25) is 4.79 Å². The highest BCUT2D eigenvalue weighted by Gasteiger charge is 2.12. The Labute approximate surface area is 92.8 Å². The van der Waals surface area contributed by atoms with Crippen molar-refractivity contribution in [2.75, 3.05) is 0 Å². The van der Waals surface area contributed by atoms with Crippen LogP contribution in [0.2, 0.25) is 0 Å². The predicted molar refractivity (Wildman–Crippen MR) is 62.4 cm³/mol. The molecule has 1 nitrogen and oxygen atoms in total. The van der Waals surface area contributed by atoms with E-state index in [1.807, 2.05) is 13.8 Å². The van der Waals surface area contributed by atoms with Crippen LogP contribution in [0.1, 0.15) is 59.8 Å². The Balaban J connectivity index is 4.29. The highest BCUT2D eigenvalue weighted by atomic mass is 19.1. The number of carbonyl (C=O) groups excluding carboxylic acids is 1. The van der Waals surface area contributed by atoms with Gasteiger partial charge in [-0.1, -0.05) is 45.6 Å². The van der Waals surface area contributed by atoms with Gasteiger partial charge in [-0.2, -0.15) is 4.39 Å². The van der Waals surface area contributed by atoms with E-state index in [9.17, 15) is 9.18 Å². The molecule has 0 unspecified atom stereocenters. The topological polar surface area (TPSA) is 17.1 Å². The first kappa shape index (κ1) is 14.3. The molecule has 0 atom stereocenters. The highest BCUT2D eigenvalue weighted by molar-refractivity contribution is 5.87. The molecule has 15 heavy (non-hydrogen) atoms. The number of hydrogen-bond acceptors (Lipinski definition) is 1. The van der Waals surface area contributed by atoms with Gasteiger partial charge in [-0.25, -0.2) is 0 Å². The van der Waals surface area contributed by atoms with Crippen molar-refractivity contribution in [3.05, 3.63) is 11.1 Å². The predicted octanol–water partition coefficient (Wildman–Crippen LogP) is 4.43. The Kier molecular flexibility index (Phi) is 7.27. The fourth-order valence-corrected chi connectivity index (χ4v) is 1.78. The summed E-state index contributed by atoms with van der Waals surface area (Å²) in [6.07, 6.45) is 5.50. The van der Waals surface area contributed by atoms with Crippen molar-refractivity contribution in [1.82, 2.24) is 0 Å². The Morgan fingerprint density at radius 2 is 1.80 bits per heavy atom. The number of unbranched alkanes of at least 4 members (excludes halogenated alkanes) is 3. The summed E-state index contributed by atoms with van der Waals surface area (Å²) in [7, 11) is 0. The van der Waals surface area contributed by atoms with Gasteiger partial charge in [0.05, 0.1) is 0 Å². The zero-order chi connectivity index (χ0) is 11.8. The fraction of sp³-hybridized carbons (Fsp3) is 0.769. The molecule has 88 valence electrons. The van der Waals surface area contributed by atoms with Gasteiger partial charge in [0, 0.05) is 5.57 Å². The average molecular weight is 214 g/mol. The van der Waals surface area contributed by atoms with Gasteiger partial charge in [0.1, 0.15) is 0 Å². The lowest BCUT2D eigenvalue weighted by atomic mass is 9.93. The van der Waals surface area contributed by atoms with Crippen molar-refractivity contribution in [3.63, 3.8) is 0 Å². The van der Waals surface area contributed by atoms with Gasteiger partial charge >= 0.3 is 6.04 Å². The molecule has 0 heterocycles. The smallest absolute Gasteiger partial charge is 0.256 e. The second-order valence-electron chi connectivity index (χ2n) is 4.39. The Hall–Kier alpha value is -0.660. The SMILES string of the molecule is CCCCCCC(=C(C)C(=O)F)C(C)C. The van der Waals surface area contributed by atoms with Gasteiger partial charge in [0.2, 0.25) is 0 Å². The molecule has 0 aliphatic carbocycles. The van der Waals surface area contributed by atoms with Crippen molar-refractivity contribution < 1.29 is 9.18 Å². The third-order valence-electron chi connectivity index (χ3n) is 2.77. The van der Waals surface area contributed by atoms with E-state index in [1.165, 1.54) is 19.3 Å². The van der Waals surface area contributed by atoms with Gasteiger partial charge in [0.25, 0.3) is 0 Å². The molecule has 0 aromatic rings. The summed E-state index contributed by atoms with van der Waals surface area (Å²) in [4.78, 5) is 10.7. The van der Waals surface area contributed by atoms with Crippen LogP contribution in [0.25, 0.3) is 0 Å². The highest BCUT2D eigenvalue weighted by Crippen LogP contribution is 2.22. The average Bonchev–Trinajstić information content (AvgIpc) is 2.16. The maximum atomic E-state index is 12.6. The number of hydrogen-bond donors (Lipinski definition) is 0. The first-order valence-electron chi connectivity index (χ1n) is 5.90. The van der Waals surface area contributed by atoms with Gasteiger partial charge < -0.3 is 0 Å². The summed E-state index contributed by atoms with van der Waals surface area (Å²) in [5.41, 5.74) is 1.31.